The third-order valence-corrected chi connectivity index (χ3v) is 5.58. The van der Waals surface area contributed by atoms with E-state index in [2.05, 4.69) is 0 Å². The van der Waals surface area contributed by atoms with E-state index in [0.717, 1.165) is 23.5 Å². The van der Waals surface area contributed by atoms with E-state index in [-0.39, 0.29) is 36.1 Å². The molecule has 2 aliphatic heterocycles. The molecule has 0 saturated carbocycles. The van der Waals surface area contributed by atoms with Crippen LogP contribution in [0, 0.1) is 0 Å². The lowest BCUT2D eigenvalue weighted by Crippen LogP contribution is -2.32. The Kier molecular flexibility index (Phi) is 5.15. The highest BCUT2D eigenvalue weighted by Gasteiger charge is 2.41. The first-order valence-corrected chi connectivity index (χ1v) is 7.99. The van der Waals surface area contributed by atoms with Gasteiger partial charge in [-0.3, -0.25) is 19.4 Å². The van der Waals surface area contributed by atoms with Gasteiger partial charge in [-0.1, -0.05) is 48.0 Å². The standard InChI is InChI=1S/C10H10N2O4S4/c13-3-1-11-7(15)5(19-9(11)17)6-8(16)12(2-4-14)10(18)20-6/h13-14H,1-4H2/b6-5+. The summed E-state index contributed by atoms with van der Waals surface area (Å²) < 4.78 is 0.623. The van der Waals surface area contributed by atoms with Crippen LogP contribution in [-0.4, -0.2) is 66.8 Å². The molecule has 2 fully saturated rings. The number of thioether (sulfide) groups is 2. The van der Waals surface area contributed by atoms with Gasteiger partial charge in [-0.05, 0) is 0 Å². The molecule has 2 amide bonds. The second kappa shape index (κ2) is 6.50. The first kappa shape index (κ1) is 15.9. The Morgan fingerprint density at radius 2 is 1.20 bits per heavy atom. The molecule has 0 atom stereocenters. The Labute approximate surface area is 134 Å². The Bertz CT molecular complexity index is 487. The number of hydrogen-bond acceptors (Lipinski definition) is 8. The summed E-state index contributed by atoms with van der Waals surface area (Å²) in [5.74, 6) is -0.780. The lowest BCUT2D eigenvalue weighted by Gasteiger charge is -2.12. The van der Waals surface area contributed by atoms with E-state index >= 15 is 0 Å². The van der Waals surface area contributed by atoms with Crippen molar-refractivity contribution < 1.29 is 19.8 Å². The molecule has 0 aromatic heterocycles. The lowest BCUT2D eigenvalue weighted by molar-refractivity contribution is -0.124. The highest BCUT2D eigenvalue weighted by molar-refractivity contribution is 8.29. The first-order chi connectivity index (χ1) is 9.51. The molecule has 2 N–H and O–H groups in total. The maximum absolute atomic E-state index is 12.2. The number of aliphatic hydroxyl groups excluding tert-OH is 2. The molecule has 2 rings (SSSR count). The van der Waals surface area contributed by atoms with Gasteiger partial charge in [-0.25, -0.2) is 0 Å². The van der Waals surface area contributed by atoms with Gasteiger partial charge < -0.3 is 10.2 Å². The van der Waals surface area contributed by atoms with Gasteiger partial charge in [-0.2, -0.15) is 0 Å². The molecule has 10 heteroatoms. The fraction of sp³-hybridized carbons (Fsp3) is 0.400. The van der Waals surface area contributed by atoms with Crippen molar-refractivity contribution in [3.05, 3.63) is 9.81 Å². The number of carbonyl (C=O) groups excluding carboxylic acids is 2. The minimum absolute atomic E-state index is 0.102. The van der Waals surface area contributed by atoms with Crippen LogP contribution in [0.4, 0.5) is 0 Å². The molecule has 0 bridgehead atoms. The number of carbonyl (C=O) groups is 2. The van der Waals surface area contributed by atoms with E-state index in [9.17, 15) is 9.59 Å². The van der Waals surface area contributed by atoms with Gasteiger partial charge in [0.25, 0.3) is 11.8 Å². The number of thiocarbonyl (C=S) groups is 2. The van der Waals surface area contributed by atoms with Crippen LogP contribution in [-0.2, 0) is 9.59 Å². The third-order valence-electron chi connectivity index (χ3n) is 2.55. The van der Waals surface area contributed by atoms with E-state index in [1.165, 1.54) is 9.80 Å². The summed E-state index contributed by atoms with van der Waals surface area (Å²) >= 11 is 12.2. The highest BCUT2D eigenvalue weighted by atomic mass is 32.2. The molecular weight excluding hydrogens is 340 g/mol. The molecule has 2 saturated heterocycles. The number of rotatable bonds is 4. The van der Waals surface area contributed by atoms with Crippen LogP contribution in [0.1, 0.15) is 0 Å². The zero-order valence-corrected chi connectivity index (χ0v) is 13.3. The number of nitrogens with zero attached hydrogens (tertiary/aromatic N) is 2. The SMILES string of the molecule is O=C1/C(=C2\SC(=S)N(CCO)C2=O)SC(=S)N1CCO. The van der Waals surface area contributed by atoms with Gasteiger partial charge in [0.1, 0.15) is 8.64 Å². The molecule has 0 aromatic rings. The predicted octanol–water partition coefficient (Wildman–Crippen LogP) is -0.0968. The van der Waals surface area contributed by atoms with Crippen LogP contribution in [0.3, 0.4) is 0 Å². The second-order valence-electron chi connectivity index (χ2n) is 3.75. The minimum atomic E-state index is -0.390. The number of hydrogen-bond donors (Lipinski definition) is 2. The van der Waals surface area contributed by atoms with Crippen LogP contribution < -0.4 is 0 Å². The molecule has 0 aromatic carbocycles. The van der Waals surface area contributed by atoms with E-state index in [1.807, 2.05) is 0 Å². The van der Waals surface area contributed by atoms with Gasteiger partial charge in [-0.15, -0.1) is 0 Å². The van der Waals surface area contributed by atoms with Gasteiger partial charge in [0.2, 0.25) is 0 Å². The summed E-state index contributed by atoms with van der Waals surface area (Å²) in [6.45, 7) is -0.202. The number of aliphatic hydroxyl groups is 2. The van der Waals surface area contributed by atoms with E-state index in [4.69, 9.17) is 34.6 Å². The summed E-state index contributed by atoms with van der Waals surface area (Å²) in [6, 6.07) is 0. The van der Waals surface area contributed by atoms with Gasteiger partial charge in [0.15, 0.2) is 0 Å². The molecule has 2 heterocycles. The van der Waals surface area contributed by atoms with Crippen molar-refractivity contribution in [3.8, 4) is 0 Å². The van der Waals surface area contributed by atoms with E-state index in [1.54, 1.807) is 0 Å². The largest absolute Gasteiger partial charge is 0.395 e. The normalized spacial score (nSPS) is 23.5. The van der Waals surface area contributed by atoms with Crippen molar-refractivity contribution >= 4 is 68.4 Å². The lowest BCUT2D eigenvalue weighted by atomic mass is 10.4. The summed E-state index contributed by atoms with van der Waals surface area (Å²) in [4.78, 5) is 27.4. The maximum Gasteiger partial charge on any atom is 0.267 e. The Hall–Kier alpha value is -0.520. The highest BCUT2D eigenvalue weighted by Crippen LogP contribution is 2.41. The zero-order valence-electron chi connectivity index (χ0n) is 10.1. The second-order valence-corrected chi connectivity index (χ2v) is 7.04. The van der Waals surface area contributed by atoms with E-state index < -0.39 is 11.8 Å². The maximum atomic E-state index is 12.2. The minimum Gasteiger partial charge on any atom is -0.395 e. The molecule has 108 valence electrons. The molecule has 6 nitrogen and oxygen atoms in total. The zero-order chi connectivity index (χ0) is 14.9. The predicted molar refractivity (Wildman–Crippen MR) is 85.0 cm³/mol. The smallest absolute Gasteiger partial charge is 0.267 e. The molecule has 0 unspecified atom stereocenters. The Balaban J connectivity index is 2.31. The van der Waals surface area contributed by atoms with E-state index in [0.29, 0.717) is 8.64 Å². The van der Waals surface area contributed by atoms with Crippen molar-refractivity contribution in [1.82, 2.24) is 9.80 Å². The quantitative estimate of drug-likeness (QED) is 0.538. The summed E-state index contributed by atoms with van der Waals surface area (Å²) in [7, 11) is 0. The first-order valence-electron chi connectivity index (χ1n) is 5.54. The summed E-state index contributed by atoms with van der Waals surface area (Å²) in [5, 5.41) is 17.8. The molecule has 0 spiro atoms. The molecular formula is C10H10N2O4S4. The Morgan fingerprint density at radius 1 is 0.850 bits per heavy atom. The van der Waals surface area contributed by atoms with Crippen LogP contribution in [0.15, 0.2) is 9.81 Å². The van der Waals surface area contributed by atoms with Crippen molar-refractivity contribution in [2.45, 2.75) is 0 Å². The van der Waals surface area contributed by atoms with Gasteiger partial charge in [0, 0.05) is 0 Å². The van der Waals surface area contributed by atoms with Crippen LogP contribution in [0.25, 0.3) is 0 Å². The van der Waals surface area contributed by atoms with Crippen molar-refractivity contribution in [3.63, 3.8) is 0 Å². The summed E-state index contributed by atoms with van der Waals surface area (Å²) in [5.41, 5.74) is 0. The summed E-state index contributed by atoms with van der Waals surface area (Å²) in [6.07, 6.45) is 0. The van der Waals surface area contributed by atoms with Crippen LogP contribution in [0.5, 0.6) is 0 Å². The van der Waals surface area contributed by atoms with Crippen LogP contribution in [0.2, 0.25) is 0 Å². The number of β-amino-alcohol motifs (C(OH)–C–C–N with tert-alkyl or cyclic N) is 2. The van der Waals surface area contributed by atoms with Crippen molar-refractivity contribution in [1.29, 1.82) is 0 Å². The van der Waals surface area contributed by atoms with Crippen LogP contribution >= 0.6 is 48.0 Å². The molecule has 20 heavy (non-hydrogen) atoms. The monoisotopic (exact) mass is 350 g/mol. The fourth-order valence-corrected chi connectivity index (χ4v) is 4.43. The number of amides is 2. The topological polar surface area (TPSA) is 81.1 Å². The molecule has 2 aliphatic rings. The van der Waals surface area contributed by atoms with Gasteiger partial charge >= 0.3 is 0 Å². The Morgan fingerprint density at radius 3 is 1.50 bits per heavy atom. The molecule has 0 aliphatic carbocycles. The third kappa shape index (κ3) is 2.76. The van der Waals surface area contributed by atoms with Crippen molar-refractivity contribution in [2.24, 2.45) is 0 Å². The van der Waals surface area contributed by atoms with Crippen molar-refractivity contribution in [2.75, 3.05) is 26.3 Å². The van der Waals surface area contributed by atoms with Gasteiger partial charge in [0.05, 0.1) is 36.1 Å². The average molecular weight is 350 g/mol. The fourth-order valence-electron chi connectivity index (χ4n) is 1.66. The average Bonchev–Trinajstić information content (AvgIpc) is 2.84. The molecule has 0 radical (unpaired) electrons.